The maximum atomic E-state index is 12.9. The molecule has 0 saturated heterocycles. The topological polar surface area (TPSA) is 111 Å². The molecular formula is C73H133NO8. The maximum absolute atomic E-state index is 12.9. The van der Waals surface area contributed by atoms with Crippen molar-refractivity contribution < 1.29 is 42.9 Å². The first-order valence-corrected chi connectivity index (χ1v) is 34.9. The molecule has 82 heavy (non-hydrogen) atoms. The van der Waals surface area contributed by atoms with Crippen molar-refractivity contribution in [1.29, 1.82) is 0 Å². The van der Waals surface area contributed by atoms with Gasteiger partial charge >= 0.3 is 11.9 Å². The van der Waals surface area contributed by atoms with Crippen molar-refractivity contribution in [3.8, 4) is 0 Å². The molecule has 9 nitrogen and oxygen atoms in total. The summed E-state index contributed by atoms with van der Waals surface area (Å²) in [6.07, 6.45) is 80.5. The number of hydrogen-bond acceptors (Lipinski definition) is 8. The van der Waals surface area contributed by atoms with Gasteiger partial charge in [-0.2, -0.15) is 0 Å². The summed E-state index contributed by atoms with van der Waals surface area (Å²) in [5, 5.41) is 11.8. The lowest BCUT2D eigenvalue weighted by molar-refractivity contribution is -0.870. The molecular weight excluding hydrogens is 1020 g/mol. The molecule has 2 atom stereocenters. The number of carbonyl (C=O) groups excluding carboxylic acids is 3. The molecule has 0 aliphatic carbocycles. The summed E-state index contributed by atoms with van der Waals surface area (Å²) in [7, 11) is 5.92. The Morgan fingerprint density at radius 1 is 0.378 bits per heavy atom. The van der Waals surface area contributed by atoms with Gasteiger partial charge in [0.15, 0.2) is 12.4 Å². The van der Waals surface area contributed by atoms with Crippen LogP contribution < -0.4 is 5.11 Å². The molecule has 0 aromatic heterocycles. The van der Waals surface area contributed by atoms with Crippen molar-refractivity contribution in [1.82, 2.24) is 0 Å². The van der Waals surface area contributed by atoms with Gasteiger partial charge in [0.05, 0.1) is 40.3 Å². The van der Waals surface area contributed by atoms with Crippen LogP contribution in [0.4, 0.5) is 0 Å². The molecule has 478 valence electrons. The summed E-state index contributed by atoms with van der Waals surface area (Å²) in [6.45, 7) is 4.63. The SMILES string of the molecule is CC/C=C\C/C=C\C/C=C\C/C=C\C/C=C\CCCCCC(=O)OC(COC(=O)CCCCCCCCCCCCCCCCCCCCCCCCCCCCCCCCCCCCCCCC)COC(OCC[N+](C)(C)C)C(=O)[O-]. The monoisotopic (exact) mass is 1150 g/mol. The number of rotatable bonds is 65. The van der Waals surface area contributed by atoms with Crippen molar-refractivity contribution in [3.63, 3.8) is 0 Å². The van der Waals surface area contributed by atoms with Crippen LogP contribution in [0.15, 0.2) is 60.8 Å². The number of aliphatic carboxylic acids is 1. The molecule has 0 aliphatic heterocycles. The highest BCUT2D eigenvalue weighted by molar-refractivity contribution is 5.70. The van der Waals surface area contributed by atoms with Gasteiger partial charge in [0.25, 0.3) is 0 Å². The van der Waals surface area contributed by atoms with Crippen LogP contribution in [-0.4, -0.2) is 82.3 Å². The third-order valence-electron chi connectivity index (χ3n) is 15.5. The second kappa shape index (κ2) is 64.0. The van der Waals surface area contributed by atoms with Gasteiger partial charge in [-0.3, -0.25) is 9.59 Å². The van der Waals surface area contributed by atoms with E-state index in [0.717, 1.165) is 70.6 Å². The average Bonchev–Trinajstić information content (AvgIpc) is 3.45. The minimum Gasteiger partial charge on any atom is -0.545 e. The second-order valence-corrected chi connectivity index (χ2v) is 24.8. The molecule has 0 bridgehead atoms. The Morgan fingerprint density at radius 2 is 0.695 bits per heavy atom. The van der Waals surface area contributed by atoms with E-state index in [1.165, 1.54) is 225 Å². The Bertz CT molecular complexity index is 1530. The summed E-state index contributed by atoms with van der Waals surface area (Å²) >= 11 is 0. The smallest absolute Gasteiger partial charge is 0.306 e. The fourth-order valence-electron chi connectivity index (χ4n) is 10.2. The number of allylic oxidation sites excluding steroid dienone is 10. The van der Waals surface area contributed by atoms with Gasteiger partial charge < -0.3 is 33.3 Å². The summed E-state index contributed by atoms with van der Waals surface area (Å²) in [5.74, 6) is -2.32. The zero-order chi connectivity index (χ0) is 59.8. The molecule has 0 radical (unpaired) electrons. The fraction of sp³-hybridized carbons (Fsp3) is 0.822. The molecule has 0 heterocycles. The Kier molecular flexibility index (Phi) is 61.6. The molecule has 0 rings (SSSR count). The Balaban J connectivity index is 3.98. The zero-order valence-corrected chi connectivity index (χ0v) is 54.6. The van der Waals surface area contributed by atoms with Gasteiger partial charge in [-0.1, -0.05) is 319 Å². The van der Waals surface area contributed by atoms with E-state index in [1.807, 2.05) is 21.1 Å². The third-order valence-corrected chi connectivity index (χ3v) is 15.5. The van der Waals surface area contributed by atoms with Crippen LogP contribution in [0.5, 0.6) is 0 Å². The Labute approximate surface area is 507 Å². The van der Waals surface area contributed by atoms with E-state index < -0.39 is 24.3 Å². The van der Waals surface area contributed by atoms with E-state index >= 15 is 0 Å². The fourth-order valence-corrected chi connectivity index (χ4v) is 10.2. The van der Waals surface area contributed by atoms with Crippen LogP contribution in [-0.2, 0) is 33.3 Å². The highest BCUT2D eigenvalue weighted by Crippen LogP contribution is 2.19. The quantitative estimate of drug-likeness (QED) is 0.0195. The molecule has 0 aromatic carbocycles. The lowest BCUT2D eigenvalue weighted by Gasteiger charge is -2.26. The van der Waals surface area contributed by atoms with Crippen molar-refractivity contribution in [2.75, 3.05) is 47.5 Å². The molecule has 0 fully saturated rings. The molecule has 2 unspecified atom stereocenters. The second-order valence-electron chi connectivity index (χ2n) is 24.8. The predicted octanol–water partition coefficient (Wildman–Crippen LogP) is 20.2. The van der Waals surface area contributed by atoms with Gasteiger partial charge in [0.2, 0.25) is 0 Å². The van der Waals surface area contributed by atoms with Crippen LogP contribution >= 0.6 is 0 Å². The van der Waals surface area contributed by atoms with Gasteiger partial charge in [-0.05, 0) is 57.8 Å². The zero-order valence-electron chi connectivity index (χ0n) is 54.6. The number of unbranched alkanes of at least 4 members (excludes halogenated alkanes) is 40. The molecule has 0 aromatic rings. The Morgan fingerprint density at radius 3 is 1.04 bits per heavy atom. The number of esters is 2. The summed E-state index contributed by atoms with van der Waals surface area (Å²) in [6, 6.07) is 0. The normalized spacial score (nSPS) is 13.0. The molecule has 0 saturated carbocycles. The third kappa shape index (κ3) is 64.5. The van der Waals surface area contributed by atoms with Gasteiger partial charge in [0.1, 0.15) is 13.2 Å². The number of carbonyl (C=O) groups is 3. The largest absolute Gasteiger partial charge is 0.545 e. The lowest BCUT2D eigenvalue weighted by Crippen LogP contribution is -2.44. The van der Waals surface area contributed by atoms with Gasteiger partial charge in [-0.15, -0.1) is 0 Å². The summed E-state index contributed by atoms with van der Waals surface area (Å²) in [5.41, 5.74) is 0. The number of nitrogens with zero attached hydrogens (tertiary/aromatic N) is 1. The Hall–Kier alpha value is -3.01. The van der Waals surface area contributed by atoms with E-state index in [2.05, 4.69) is 74.6 Å². The molecule has 9 heteroatoms. The molecule has 0 amide bonds. The van der Waals surface area contributed by atoms with E-state index in [-0.39, 0.29) is 38.6 Å². The van der Waals surface area contributed by atoms with Crippen molar-refractivity contribution in [3.05, 3.63) is 60.8 Å². The minimum absolute atomic E-state index is 0.140. The van der Waals surface area contributed by atoms with E-state index in [9.17, 15) is 19.5 Å². The van der Waals surface area contributed by atoms with E-state index in [4.69, 9.17) is 18.9 Å². The number of carboxylic acid groups (broad SMARTS) is 1. The average molecular weight is 1150 g/mol. The van der Waals surface area contributed by atoms with Crippen molar-refractivity contribution >= 4 is 17.9 Å². The van der Waals surface area contributed by atoms with Gasteiger partial charge in [0, 0.05) is 12.8 Å². The van der Waals surface area contributed by atoms with E-state index in [0.29, 0.717) is 17.4 Å². The van der Waals surface area contributed by atoms with Crippen LogP contribution in [0.1, 0.15) is 328 Å². The summed E-state index contributed by atoms with van der Waals surface area (Å²) in [4.78, 5) is 37.4. The van der Waals surface area contributed by atoms with Crippen LogP contribution in [0, 0.1) is 0 Å². The van der Waals surface area contributed by atoms with Crippen molar-refractivity contribution in [2.45, 2.75) is 341 Å². The van der Waals surface area contributed by atoms with Crippen LogP contribution in [0.2, 0.25) is 0 Å². The number of ether oxygens (including phenoxy) is 4. The van der Waals surface area contributed by atoms with Crippen molar-refractivity contribution in [2.24, 2.45) is 0 Å². The molecule has 0 spiro atoms. The predicted molar refractivity (Wildman–Crippen MR) is 348 cm³/mol. The number of quaternary nitrogens is 1. The highest BCUT2D eigenvalue weighted by atomic mass is 16.7. The lowest BCUT2D eigenvalue weighted by atomic mass is 10.0. The highest BCUT2D eigenvalue weighted by Gasteiger charge is 2.22. The number of carboxylic acids is 1. The first-order valence-electron chi connectivity index (χ1n) is 34.9. The number of hydrogen-bond donors (Lipinski definition) is 0. The molecule has 0 aliphatic rings. The van der Waals surface area contributed by atoms with Crippen LogP contribution in [0.25, 0.3) is 0 Å². The standard InChI is InChI=1S/C73H133NO8/c1-6-8-10-12-14-16-18-20-22-24-26-27-28-29-30-31-32-33-34-35-36-37-38-39-40-41-42-43-44-46-47-49-51-53-55-57-59-61-63-70(75)80-67-69(68-81-73(72(77)78)79-66-65-74(3,4)5)82-71(76)64-62-60-58-56-54-52-50-48-45-25-23-21-19-17-15-13-11-9-7-2/h9,11,15,17,21,23,45,48,52,54,69,73H,6-8,10,12-14,16,18-20,22,24-44,46-47,49-51,53,55-68H2,1-5H3/b11-9-,17-15-,23-21-,48-45-,54-52-. The van der Waals surface area contributed by atoms with Crippen LogP contribution in [0.3, 0.4) is 0 Å². The maximum Gasteiger partial charge on any atom is 0.306 e. The first-order chi connectivity index (χ1) is 40.1. The van der Waals surface area contributed by atoms with E-state index in [1.54, 1.807) is 0 Å². The summed E-state index contributed by atoms with van der Waals surface area (Å²) < 4.78 is 22.7. The molecule has 0 N–H and O–H groups in total. The minimum atomic E-state index is -1.63. The van der Waals surface area contributed by atoms with Gasteiger partial charge in [-0.25, -0.2) is 0 Å². The first kappa shape index (κ1) is 79.0. The number of likely N-dealkylation sites (N-methyl/N-ethyl adjacent to an activating group) is 1.